The summed E-state index contributed by atoms with van der Waals surface area (Å²) in [5, 5.41) is 6.65. The Labute approximate surface area is 182 Å². The predicted molar refractivity (Wildman–Crippen MR) is 114 cm³/mol. The van der Waals surface area contributed by atoms with Crippen molar-refractivity contribution in [3.63, 3.8) is 0 Å². The molecule has 2 aromatic carbocycles. The number of aromatic nitrogens is 2. The van der Waals surface area contributed by atoms with E-state index in [9.17, 15) is 9.18 Å². The van der Waals surface area contributed by atoms with E-state index in [0.717, 1.165) is 0 Å². The van der Waals surface area contributed by atoms with Gasteiger partial charge in [-0.3, -0.25) is 4.79 Å². The van der Waals surface area contributed by atoms with Gasteiger partial charge in [0.1, 0.15) is 24.3 Å². The maximum Gasteiger partial charge on any atom is 0.323 e. The summed E-state index contributed by atoms with van der Waals surface area (Å²) in [7, 11) is 2.88. The van der Waals surface area contributed by atoms with Crippen LogP contribution in [0.3, 0.4) is 0 Å². The Kier molecular flexibility index (Phi) is 6.06. The fraction of sp³-hybridized carbons (Fsp3) is 0.286. The number of benzene rings is 2. The van der Waals surface area contributed by atoms with Gasteiger partial charge < -0.3 is 24.8 Å². The van der Waals surface area contributed by atoms with Crippen molar-refractivity contribution in [2.45, 2.75) is 18.6 Å². The van der Waals surface area contributed by atoms with Crippen molar-refractivity contribution < 1.29 is 23.4 Å². The van der Waals surface area contributed by atoms with Crippen LogP contribution in [0.1, 0.15) is 6.42 Å². The van der Waals surface area contributed by atoms with Gasteiger partial charge in [-0.1, -0.05) is 17.7 Å². The van der Waals surface area contributed by atoms with E-state index in [1.54, 1.807) is 24.3 Å². The van der Waals surface area contributed by atoms with Crippen LogP contribution in [0, 0.1) is 5.82 Å². The second-order valence-corrected chi connectivity index (χ2v) is 7.34. The second-order valence-electron chi connectivity index (χ2n) is 6.93. The number of carbonyl (C=O) groups excluding carboxylic acids is 1. The molecule has 1 aliphatic heterocycles. The molecule has 0 amide bonds. The lowest BCUT2D eigenvalue weighted by Gasteiger charge is -2.17. The molecule has 1 aliphatic rings. The fourth-order valence-electron chi connectivity index (χ4n) is 3.44. The van der Waals surface area contributed by atoms with Crippen molar-refractivity contribution in [1.82, 2.24) is 15.3 Å². The average molecular weight is 447 g/mol. The van der Waals surface area contributed by atoms with Crippen LogP contribution in [0.15, 0.2) is 36.7 Å². The summed E-state index contributed by atoms with van der Waals surface area (Å²) < 4.78 is 30.7. The highest BCUT2D eigenvalue weighted by Gasteiger charge is 2.32. The third-order valence-electron chi connectivity index (χ3n) is 5.00. The molecule has 0 saturated carbocycles. The quantitative estimate of drug-likeness (QED) is 0.556. The number of esters is 1. The largest absolute Gasteiger partial charge is 0.493 e. The first-order valence-electron chi connectivity index (χ1n) is 9.51. The lowest BCUT2D eigenvalue weighted by Crippen LogP contribution is -2.31. The minimum Gasteiger partial charge on any atom is -0.493 e. The molecule has 1 fully saturated rings. The molecule has 8 nitrogen and oxygen atoms in total. The summed E-state index contributed by atoms with van der Waals surface area (Å²) in [5.74, 6) is 0.409. The van der Waals surface area contributed by atoms with Crippen molar-refractivity contribution in [2.75, 3.05) is 26.1 Å². The first-order chi connectivity index (χ1) is 15.0. The van der Waals surface area contributed by atoms with E-state index in [0.29, 0.717) is 41.2 Å². The lowest BCUT2D eigenvalue weighted by molar-refractivity contribution is -0.142. The van der Waals surface area contributed by atoms with E-state index in [4.69, 9.17) is 25.8 Å². The topological polar surface area (TPSA) is 94.6 Å². The Hall–Kier alpha value is -3.17. The number of ether oxygens (including phenoxy) is 3. The molecular formula is C21H20ClFN4O4. The van der Waals surface area contributed by atoms with Crippen LogP contribution in [0.5, 0.6) is 11.5 Å². The van der Waals surface area contributed by atoms with E-state index in [-0.39, 0.29) is 22.8 Å². The maximum absolute atomic E-state index is 14.4. The van der Waals surface area contributed by atoms with Crippen molar-refractivity contribution in [3.05, 3.63) is 47.5 Å². The molecule has 1 saturated heterocycles. The maximum atomic E-state index is 14.4. The molecule has 0 spiro atoms. The van der Waals surface area contributed by atoms with Crippen LogP contribution in [0.2, 0.25) is 5.02 Å². The number of nitrogens with zero attached hydrogens (tertiary/aromatic N) is 2. The monoisotopic (exact) mass is 446 g/mol. The molecule has 2 N–H and O–H groups in total. The van der Waals surface area contributed by atoms with Gasteiger partial charge >= 0.3 is 5.97 Å². The number of halogens is 2. The highest BCUT2D eigenvalue weighted by atomic mass is 35.5. The summed E-state index contributed by atoms with van der Waals surface area (Å²) in [6, 6.07) is 7.69. The van der Waals surface area contributed by atoms with Gasteiger partial charge in [0.15, 0.2) is 17.3 Å². The van der Waals surface area contributed by atoms with E-state index in [1.165, 1.54) is 26.6 Å². The van der Waals surface area contributed by atoms with Gasteiger partial charge in [0.05, 0.1) is 30.4 Å². The molecule has 31 heavy (non-hydrogen) atoms. The van der Waals surface area contributed by atoms with Crippen molar-refractivity contribution in [3.8, 4) is 11.5 Å². The van der Waals surface area contributed by atoms with E-state index in [2.05, 4.69) is 20.6 Å². The van der Waals surface area contributed by atoms with Gasteiger partial charge in [-0.15, -0.1) is 0 Å². The van der Waals surface area contributed by atoms with Gasteiger partial charge in [0.25, 0.3) is 0 Å². The highest BCUT2D eigenvalue weighted by molar-refractivity contribution is 6.31. The molecule has 10 heteroatoms. The molecule has 0 radical (unpaired) electrons. The molecule has 4 rings (SSSR count). The zero-order chi connectivity index (χ0) is 22.0. The molecular weight excluding hydrogens is 427 g/mol. The van der Waals surface area contributed by atoms with Gasteiger partial charge in [-0.05, 0) is 18.2 Å². The average Bonchev–Trinajstić information content (AvgIpc) is 3.25. The van der Waals surface area contributed by atoms with E-state index < -0.39 is 11.9 Å². The zero-order valence-electron chi connectivity index (χ0n) is 16.8. The second kappa shape index (κ2) is 8.91. The van der Waals surface area contributed by atoms with Crippen LogP contribution in [0.25, 0.3) is 10.9 Å². The number of fused-ring (bicyclic) bond motifs is 1. The molecule has 0 unspecified atom stereocenters. The molecule has 2 atom stereocenters. The minimum atomic E-state index is -0.577. The Morgan fingerprint density at radius 1 is 1.26 bits per heavy atom. The van der Waals surface area contributed by atoms with Crippen LogP contribution < -0.4 is 20.1 Å². The van der Waals surface area contributed by atoms with Crippen molar-refractivity contribution in [1.29, 1.82) is 0 Å². The normalized spacial score (nSPS) is 18.1. The summed E-state index contributed by atoms with van der Waals surface area (Å²) in [6.07, 6.45) is 1.56. The standard InChI is InChI=1S/C21H20ClFN4O4/c1-29-17-8-15-12(7-18(17)31-11-6-16(24-9-11)21(28)30-2)20(26-10-25-15)27-14-5-3-4-13(22)19(14)23/h3-5,7-8,10-11,16,24H,6,9H2,1-2H3,(H,25,26,27)/t11-,16+/m1/s1. The van der Waals surface area contributed by atoms with Crippen molar-refractivity contribution in [2.24, 2.45) is 0 Å². The summed E-state index contributed by atoms with van der Waals surface area (Å²) in [6.45, 7) is 0.477. The number of nitrogens with one attached hydrogen (secondary N) is 2. The number of hydrogen-bond donors (Lipinski definition) is 2. The van der Waals surface area contributed by atoms with Crippen LogP contribution in [-0.2, 0) is 9.53 Å². The van der Waals surface area contributed by atoms with Crippen molar-refractivity contribution >= 4 is 40.0 Å². The Morgan fingerprint density at radius 2 is 2.10 bits per heavy atom. The van der Waals surface area contributed by atoms with E-state index >= 15 is 0 Å². The Balaban J connectivity index is 1.66. The molecule has 2 heterocycles. The van der Waals surface area contributed by atoms with Gasteiger partial charge in [0.2, 0.25) is 0 Å². The number of methoxy groups -OCH3 is 2. The smallest absolute Gasteiger partial charge is 0.323 e. The molecule has 0 bridgehead atoms. The Morgan fingerprint density at radius 3 is 2.87 bits per heavy atom. The fourth-order valence-corrected chi connectivity index (χ4v) is 3.61. The van der Waals surface area contributed by atoms with Crippen LogP contribution in [0.4, 0.5) is 15.9 Å². The minimum absolute atomic E-state index is 0.00273. The first-order valence-corrected chi connectivity index (χ1v) is 9.89. The van der Waals surface area contributed by atoms with Crippen LogP contribution >= 0.6 is 11.6 Å². The van der Waals surface area contributed by atoms with Crippen LogP contribution in [-0.4, -0.2) is 48.8 Å². The number of hydrogen-bond acceptors (Lipinski definition) is 8. The first kappa shape index (κ1) is 21.1. The summed E-state index contributed by atoms with van der Waals surface area (Å²) in [4.78, 5) is 20.3. The summed E-state index contributed by atoms with van der Waals surface area (Å²) in [5.41, 5.74) is 0.771. The van der Waals surface area contributed by atoms with Gasteiger partial charge in [-0.2, -0.15) is 0 Å². The molecule has 1 aromatic heterocycles. The third kappa shape index (κ3) is 4.33. The molecule has 0 aliphatic carbocycles. The molecule has 162 valence electrons. The van der Waals surface area contributed by atoms with Gasteiger partial charge in [0, 0.05) is 24.4 Å². The molecule has 3 aromatic rings. The van der Waals surface area contributed by atoms with Gasteiger partial charge in [-0.25, -0.2) is 14.4 Å². The SMILES string of the molecule is COC(=O)[C@@H]1C[C@@H](Oc2cc3c(Nc4cccc(Cl)c4F)ncnc3cc2OC)CN1. The number of carbonyl (C=O) groups is 1. The third-order valence-corrected chi connectivity index (χ3v) is 5.29. The van der Waals surface area contributed by atoms with E-state index in [1.807, 2.05) is 0 Å². The predicted octanol–water partition coefficient (Wildman–Crippen LogP) is 3.46. The summed E-state index contributed by atoms with van der Waals surface area (Å²) >= 11 is 5.88. The Bertz CT molecular complexity index is 1130. The number of rotatable bonds is 6. The highest BCUT2D eigenvalue weighted by Crippen LogP contribution is 2.36. The lowest BCUT2D eigenvalue weighted by atomic mass is 10.1. The number of anilines is 2. The zero-order valence-corrected chi connectivity index (χ0v) is 17.6.